The Balaban J connectivity index is 3.04. The monoisotopic (exact) mass is 193 g/mol. The van der Waals surface area contributed by atoms with E-state index in [2.05, 4.69) is 13.0 Å². The van der Waals surface area contributed by atoms with Gasteiger partial charge in [-0.2, -0.15) is 0 Å². The molecule has 0 saturated heterocycles. The predicted molar refractivity (Wildman–Crippen MR) is 59.1 cm³/mol. The van der Waals surface area contributed by atoms with E-state index in [9.17, 15) is 5.11 Å². The number of aliphatic hydroxyl groups is 1. The van der Waals surface area contributed by atoms with Gasteiger partial charge in [0.25, 0.3) is 0 Å². The normalized spacial score (nSPS) is 15.1. The van der Waals surface area contributed by atoms with Crippen molar-refractivity contribution in [1.29, 1.82) is 0 Å². The smallest absolute Gasteiger partial charge is 0.102 e. The molecule has 1 unspecified atom stereocenters. The van der Waals surface area contributed by atoms with Gasteiger partial charge in [-0.25, -0.2) is 0 Å². The molecule has 0 fully saturated rings. The molecule has 2 nitrogen and oxygen atoms in total. The Bertz CT molecular complexity index is 292. The summed E-state index contributed by atoms with van der Waals surface area (Å²) in [6, 6.07) is 8.02. The molecule has 1 aromatic carbocycles. The summed E-state index contributed by atoms with van der Waals surface area (Å²) in [6.45, 7) is 4.33. The highest BCUT2D eigenvalue weighted by molar-refractivity contribution is 5.28. The first-order valence-corrected chi connectivity index (χ1v) is 5.18. The topological polar surface area (TPSA) is 46.2 Å². The van der Waals surface area contributed by atoms with E-state index in [-0.39, 0.29) is 6.54 Å². The van der Waals surface area contributed by atoms with E-state index in [0.29, 0.717) is 6.42 Å². The number of aryl methyl sites for hydroxylation is 1. The lowest BCUT2D eigenvalue weighted by Gasteiger charge is -2.25. The second-order valence-electron chi connectivity index (χ2n) is 3.64. The van der Waals surface area contributed by atoms with E-state index >= 15 is 0 Å². The Hall–Kier alpha value is -0.860. The van der Waals surface area contributed by atoms with Crippen molar-refractivity contribution in [2.45, 2.75) is 32.3 Å². The van der Waals surface area contributed by atoms with Gasteiger partial charge in [0, 0.05) is 6.54 Å². The Morgan fingerprint density at radius 2 is 2.07 bits per heavy atom. The first-order chi connectivity index (χ1) is 6.66. The first kappa shape index (κ1) is 11.2. The highest BCUT2D eigenvalue weighted by Crippen LogP contribution is 2.24. The average Bonchev–Trinajstić information content (AvgIpc) is 2.28. The molecule has 0 saturated carbocycles. The molecule has 0 heterocycles. The molecule has 1 atom stereocenters. The lowest BCUT2D eigenvalue weighted by molar-refractivity contribution is 0.0418. The van der Waals surface area contributed by atoms with E-state index < -0.39 is 5.60 Å². The maximum absolute atomic E-state index is 10.2. The second kappa shape index (κ2) is 4.58. The summed E-state index contributed by atoms with van der Waals surface area (Å²) in [7, 11) is 0. The summed E-state index contributed by atoms with van der Waals surface area (Å²) >= 11 is 0. The molecule has 0 aliphatic carbocycles. The van der Waals surface area contributed by atoms with Gasteiger partial charge in [0.1, 0.15) is 5.60 Å². The van der Waals surface area contributed by atoms with E-state index in [1.807, 2.05) is 25.1 Å². The lowest BCUT2D eigenvalue weighted by atomic mass is 9.90. The van der Waals surface area contributed by atoms with Crippen LogP contribution in [-0.4, -0.2) is 11.7 Å². The first-order valence-electron chi connectivity index (χ1n) is 5.18. The van der Waals surface area contributed by atoms with E-state index in [1.54, 1.807) is 0 Å². The Labute approximate surface area is 85.8 Å². The minimum absolute atomic E-state index is 0.274. The van der Waals surface area contributed by atoms with Crippen molar-refractivity contribution in [1.82, 2.24) is 0 Å². The van der Waals surface area contributed by atoms with Crippen LogP contribution in [0.15, 0.2) is 24.3 Å². The zero-order valence-electron chi connectivity index (χ0n) is 8.96. The summed E-state index contributed by atoms with van der Waals surface area (Å²) in [5.74, 6) is 0. The van der Waals surface area contributed by atoms with E-state index in [1.165, 1.54) is 5.56 Å². The summed E-state index contributed by atoms with van der Waals surface area (Å²) < 4.78 is 0. The molecule has 0 aliphatic heterocycles. The van der Waals surface area contributed by atoms with Crippen LogP contribution in [0.2, 0.25) is 0 Å². The third-order valence-corrected chi connectivity index (χ3v) is 2.80. The zero-order chi connectivity index (χ0) is 10.6. The molecule has 0 spiro atoms. The van der Waals surface area contributed by atoms with Gasteiger partial charge in [0.2, 0.25) is 0 Å². The molecule has 78 valence electrons. The molecule has 14 heavy (non-hydrogen) atoms. The summed E-state index contributed by atoms with van der Waals surface area (Å²) in [6.07, 6.45) is 1.63. The van der Waals surface area contributed by atoms with Crippen molar-refractivity contribution in [3.63, 3.8) is 0 Å². The van der Waals surface area contributed by atoms with Crippen molar-refractivity contribution in [3.8, 4) is 0 Å². The van der Waals surface area contributed by atoms with Crippen LogP contribution in [0.5, 0.6) is 0 Å². The number of hydrogen-bond donors (Lipinski definition) is 2. The highest BCUT2D eigenvalue weighted by Gasteiger charge is 2.24. The molecule has 0 aromatic heterocycles. The van der Waals surface area contributed by atoms with Crippen LogP contribution in [0, 0.1) is 0 Å². The van der Waals surface area contributed by atoms with Gasteiger partial charge in [-0.05, 0) is 24.0 Å². The van der Waals surface area contributed by atoms with Gasteiger partial charge < -0.3 is 10.8 Å². The fraction of sp³-hybridized carbons (Fsp3) is 0.500. The molecule has 0 radical (unpaired) electrons. The number of rotatable bonds is 4. The quantitative estimate of drug-likeness (QED) is 0.766. The van der Waals surface area contributed by atoms with E-state index in [0.717, 1.165) is 12.0 Å². The van der Waals surface area contributed by atoms with Gasteiger partial charge in [-0.1, -0.05) is 38.1 Å². The maximum atomic E-state index is 10.2. The zero-order valence-corrected chi connectivity index (χ0v) is 8.96. The summed E-state index contributed by atoms with van der Waals surface area (Å²) in [5.41, 5.74) is 6.91. The molecular formula is C12H19NO. The van der Waals surface area contributed by atoms with Gasteiger partial charge in [-0.3, -0.25) is 0 Å². The molecular weight excluding hydrogens is 174 g/mol. The lowest BCUT2D eigenvalue weighted by Crippen LogP contribution is -2.34. The van der Waals surface area contributed by atoms with Crippen molar-refractivity contribution in [2.24, 2.45) is 5.73 Å². The summed E-state index contributed by atoms with van der Waals surface area (Å²) in [4.78, 5) is 0. The van der Waals surface area contributed by atoms with Gasteiger partial charge >= 0.3 is 0 Å². The molecule has 0 amide bonds. The minimum Gasteiger partial charge on any atom is -0.384 e. The number of hydrogen-bond acceptors (Lipinski definition) is 2. The largest absolute Gasteiger partial charge is 0.384 e. The summed E-state index contributed by atoms with van der Waals surface area (Å²) in [5, 5.41) is 10.2. The fourth-order valence-corrected chi connectivity index (χ4v) is 1.55. The van der Waals surface area contributed by atoms with Crippen molar-refractivity contribution >= 4 is 0 Å². The average molecular weight is 193 g/mol. The highest BCUT2D eigenvalue weighted by atomic mass is 16.3. The fourth-order valence-electron chi connectivity index (χ4n) is 1.55. The van der Waals surface area contributed by atoms with Crippen LogP contribution in [-0.2, 0) is 12.0 Å². The standard InChI is InChI=1S/C12H19NO/c1-3-10-6-5-7-11(8-10)12(14,4-2)9-13/h5-8,14H,3-4,9,13H2,1-2H3. The van der Waals surface area contributed by atoms with E-state index in [4.69, 9.17) is 5.73 Å². The van der Waals surface area contributed by atoms with Crippen LogP contribution in [0.4, 0.5) is 0 Å². The van der Waals surface area contributed by atoms with Crippen LogP contribution in [0.3, 0.4) is 0 Å². The van der Waals surface area contributed by atoms with Crippen LogP contribution < -0.4 is 5.73 Å². The third-order valence-electron chi connectivity index (χ3n) is 2.80. The molecule has 1 rings (SSSR count). The van der Waals surface area contributed by atoms with Crippen LogP contribution in [0.1, 0.15) is 31.4 Å². The van der Waals surface area contributed by atoms with Gasteiger partial charge in [-0.15, -0.1) is 0 Å². The third kappa shape index (κ3) is 2.14. The van der Waals surface area contributed by atoms with Crippen molar-refractivity contribution in [2.75, 3.05) is 6.54 Å². The van der Waals surface area contributed by atoms with Crippen LogP contribution >= 0.6 is 0 Å². The van der Waals surface area contributed by atoms with Gasteiger partial charge in [0.15, 0.2) is 0 Å². The molecule has 1 aromatic rings. The van der Waals surface area contributed by atoms with Crippen molar-refractivity contribution in [3.05, 3.63) is 35.4 Å². The molecule has 0 bridgehead atoms. The maximum Gasteiger partial charge on any atom is 0.102 e. The molecule has 0 aliphatic rings. The number of nitrogens with two attached hydrogens (primary N) is 1. The van der Waals surface area contributed by atoms with Crippen LogP contribution in [0.25, 0.3) is 0 Å². The predicted octanol–water partition coefficient (Wildman–Crippen LogP) is 1.81. The SMILES string of the molecule is CCc1cccc(C(O)(CC)CN)c1. The Morgan fingerprint density at radius 3 is 2.57 bits per heavy atom. The Kier molecular flexibility index (Phi) is 3.67. The minimum atomic E-state index is -0.856. The Morgan fingerprint density at radius 1 is 1.36 bits per heavy atom. The molecule has 2 heteroatoms. The number of benzene rings is 1. The van der Waals surface area contributed by atoms with Gasteiger partial charge in [0.05, 0.1) is 0 Å². The molecule has 3 N–H and O–H groups in total. The van der Waals surface area contributed by atoms with Crippen molar-refractivity contribution < 1.29 is 5.11 Å². The second-order valence-corrected chi connectivity index (χ2v) is 3.64.